The van der Waals surface area contributed by atoms with Gasteiger partial charge in [-0.25, -0.2) is 14.2 Å². The third-order valence-corrected chi connectivity index (χ3v) is 6.99. The minimum atomic E-state index is -4.07. The number of thiazole rings is 1. The van der Waals surface area contributed by atoms with Crippen molar-refractivity contribution in [2.45, 2.75) is 24.5 Å². The van der Waals surface area contributed by atoms with Crippen LogP contribution < -0.4 is 10.1 Å². The second-order valence-corrected chi connectivity index (χ2v) is 9.92. The van der Waals surface area contributed by atoms with E-state index in [1.54, 1.807) is 42.6 Å². The molecule has 0 aliphatic heterocycles. The Morgan fingerprint density at radius 2 is 2.00 bits per heavy atom. The predicted octanol–water partition coefficient (Wildman–Crippen LogP) is 4.30. The smallest absolute Gasteiger partial charge is 0.299 e. The first-order valence-corrected chi connectivity index (χ1v) is 12.6. The molecule has 0 aliphatic rings. The molecule has 2 aromatic heterocycles. The Morgan fingerprint density at radius 3 is 2.74 bits per heavy atom. The van der Waals surface area contributed by atoms with Crippen molar-refractivity contribution in [1.29, 1.82) is 0 Å². The normalized spacial score (nSPS) is 12.9. The lowest BCUT2D eigenvalue weighted by atomic mass is 10.2. The first-order chi connectivity index (χ1) is 16.3. The van der Waals surface area contributed by atoms with Crippen LogP contribution in [0.2, 0.25) is 0 Å². The highest BCUT2D eigenvalue weighted by Gasteiger charge is 2.20. The number of hydrogen-bond donors (Lipinski definition) is 2. The van der Waals surface area contributed by atoms with Gasteiger partial charge in [-0.1, -0.05) is 29.0 Å². The lowest BCUT2D eigenvalue weighted by Crippen LogP contribution is -2.20. The standard InChI is InChI=1S/C23H23N3O6S2/c1-15-3-7-18(8-4-15)34(28,29)32-22(27)11-12-30-16-5-9-19-20(13-16)31-21(26-19)10-6-17-14-25-23(24-2)33-17/h3-10,13-14,22,27H,11-12H2,1-2H3,(H,24,25). The van der Waals surface area contributed by atoms with Gasteiger partial charge in [-0.05, 0) is 37.3 Å². The number of anilines is 1. The SMILES string of the molecule is CNc1ncc(C=Cc2nc3ccc(OCCC(O)OS(=O)(=O)c4ccc(C)cc4)cc3o2)s1. The Hall–Kier alpha value is -3.25. The summed E-state index contributed by atoms with van der Waals surface area (Å²) in [6.45, 7) is 1.88. The molecule has 178 valence electrons. The first-order valence-electron chi connectivity index (χ1n) is 10.4. The molecule has 0 amide bonds. The summed E-state index contributed by atoms with van der Waals surface area (Å²) >= 11 is 1.51. The second kappa shape index (κ2) is 10.3. The highest BCUT2D eigenvalue weighted by molar-refractivity contribution is 7.86. The molecule has 11 heteroatoms. The van der Waals surface area contributed by atoms with Gasteiger partial charge in [0.15, 0.2) is 17.0 Å². The van der Waals surface area contributed by atoms with Crippen LogP contribution in [0.4, 0.5) is 5.13 Å². The number of oxazole rings is 1. The number of aliphatic hydroxyl groups is 1. The first kappa shape index (κ1) is 23.9. The Balaban J connectivity index is 1.32. The van der Waals surface area contributed by atoms with Crippen molar-refractivity contribution in [3.05, 3.63) is 65.0 Å². The van der Waals surface area contributed by atoms with E-state index in [2.05, 4.69) is 15.3 Å². The molecule has 0 saturated heterocycles. The average Bonchev–Trinajstić information content (AvgIpc) is 3.43. The van der Waals surface area contributed by atoms with Gasteiger partial charge in [-0.15, -0.1) is 0 Å². The van der Waals surface area contributed by atoms with E-state index >= 15 is 0 Å². The molecule has 0 aliphatic carbocycles. The van der Waals surface area contributed by atoms with Gasteiger partial charge >= 0.3 is 0 Å². The van der Waals surface area contributed by atoms with Crippen LogP contribution in [0.25, 0.3) is 23.3 Å². The van der Waals surface area contributed by atoms with E-state index in [1.807, 2.05) is 20.0 Å². The quantitative estimate of drug-likeness (QED) is 0.242. The molecule has 4 aromatic rings. The molecule has 2 heterocycles. The zero-order valence-electron chi connectivity index (χ0n) is 18.5. The summed E-state index contributed by atoms with van der Waals surface area (Å²) in [5.74, 6) is 0.936. The summed E-state index contributed by atoms with van der Waals surface area (Å²) in [4.78, 5) is 9.56. The third kappa shape index (κ3) is 6.00. The largest absolute Gasteiger partial charge is 0.493 e. The van der Waals surface area contributed by atoms with E-state index < -0.39 is 16.4 Å². The van der Waals surface area contributed by atoms with Crippen LogP contribution >= 0.6 is 11.3 Å². The van der Waals surface area contributed by atoms with Gasteiger partial charge in [0, 0.05) is 36.7 Å². The number of benzene rings is 2. The minimum absolute atomic E-state index is 0.0171. The van der Waals surface area contributed by atoms with Crippen molar-refractivity contribution in [1.82, 2.24) is 9.97 Å². The predicted molar refractivity (Wildman–Crippen MR) is 130 cm³/mol. The molecule has 2 N–H and O–H groups in total. The number of nitrogens with zero attached hydrogens (tertiary/aromatic N) is 2. The van der Waals surface area contributed by atoms with E-state index in [-0.39, 0.29) is 17.9 Å². The van der Waals surface area contributed by atoms with E-state index in [4.69, 9.17) is 13.3 Å². The molecule has 2 aromatic carbocycles. The summed E-state index contributed by atoms with van der Waals surface area (Å²) in [6.07, 6.45) is 3.80. The van der Waals surface area contributed by atoms with Gasteiger partial charge in [0.2, 0.25) is 5.89 Å². The van der Waals surface area contributed by atoms with Crippen LogP contribution in [-0.4, -0.2) is 43.4 Å². The summed E-state index contributed by atoms with van der Waals surface area (Å²) in [6, 6.07) is 11.3. The zero-order chi connectivity index (χ0) is 24.1. The number of ether oxygens (including phenoxy) is 1. The van der Waals surface area contributed by atoms with Crippen molar-refractivity contribution in [2.75, 3.05) is 19.0 Å². The number of aromatic nitrogens is 2. The topological polar surface area (TPSA) is 124 Å². The fourth-order valence-electron chi connectivity index (χ4n) is 2.95. The molecule has 0 saturated carbocycles. The second-order valence-electron chi connectivity index (χ2n) is 7.29. The van der Waals surface area contributed by atoms with Gasteiger partial charge in [0.1, 0.15) is 11.3 Å². The third-order valence-electron chi connectivity index (χ3n) is 4.68. The molecular weight excluding hydrogens is 478 g/mol. The molecule has 1 unspecified atom stereocenters. The minimum Gasteiger partial charge on any atom is -0.493 e. The Labute approximate surface area is 200 Å². The van der Waals surface area contributed by atoms with E-state index in [9.17, 15) is 13.5 Å². The highest BCUT2D eigenvalue weighted by Crippen LogP contribution is 2.24. The fraction of sp³-hybridized carbons (Fsp3) is 0.217. The molecule has 4 rings (SSSR count). The number of aliphatic hydroxyl groups excluding tert-OH is 1. The molecule has 1 atom stereocenters. The van der Waals surface area contributed by atoms with Gasteiger partial charge in [0.05, 0.1) is 11.5 Å². The molecular formula is C23H23N3O6S2. The molecule has 0 radical (unpaired) electrons. The van der Waals surface area contributed by atoms with E-state index in [0.29, 0.717) is 22.7 Å². The summed E-state index contributed by atoms with van der Waals surface area (Å²) in [7, 11) is -2.25. The molecule has 0 spiro atoms. The molecule has 0 bridgehead atoms. The van der Waals surface area contributed by atoms with Crippen LogP contribution in [0, 0.1) is 6.92 Å². The summed E-state index contributed by atoms with van der Waals surface area (Å²) < 4.78 is 40.7. The number of nitrogens with one attached hydrogen (secondary N) is 1. The maximum absolute atomic E-state index is 12.2. The Kier molecular flexibility index (Phi) is 7.27. The molecule has 0 fully saturated rings. The van der Waals surface area contributed by atoms with Crippen molar-refractivity contribution in [2.24, 2.45) is 0 Å². The highest BCUT2D eigenvalue weighted by atomic mass is 32.2. The van der Waals surface area contributed by atoms with Gasteiger partial charge in [-0.3, -0.25) is 0 Å². The van der Waals surface area contributed by atoms with Crippen molar-refractivity contribution in [3.63, 3.8) is 0 Å². The van der Waals surface area contributed by atoms with Crippen molar-refractivity contribution >= 4 is 49.8 Å². The summed E-state index contributed by atoms with van der Waals surface area (Å²) in [5.41, 5.74) is 2.12. The van der Waals surface area contributed by atoms with Gasteiger partial charge in [0.25, 0.3) is 10.1 Å². The molecule has 9 nitrogen and oxygen atoms in total. The van der Waals surface area contributed by atoms with E-state index in [0.717, 1.165) is 15.6 Å². The van der Waals surface area contributed by atoms with Crippen LogP contribution in [0.5, 0.6) is 5.75 Å². The van der Waals surface area contributed by atoms with Crippen LogP contribution in [0.1, 0.15) is 22.8 Å². The van der Waals surface area contributed by atoms with Crippen LogP contribution in [0.3, 0.4) is 0 Å². The number of aryl methyl sites for hydroxylation is 1. The van der Waals surface area contributed by atoms with Gasteiger partial charge < -0.3 is 19.6 Å². The summed E-state index contributed by atoms with van der Waals surface area (Å²) in [5, 5.41) is 13.8. The van der Waals surface area contributed by atoms with Crippen molar-refractivity contribution in [3.8, 4) is 5.75 Å². The monoisotopic (exact) mass is 501 g/mol. The lowest BCUT2D eigenvalue weighted by Gasteiger charge is -2.13. The number of fused-ring (bicyclic) bond motifs is 1. The maximum atomic E-state index is 12.2. The maximum Gasteiger partial charge on any atom is 0.299 e. The number of hydrogen-bond acceptors (Lipinski definition) is 10. The number of rotatable bonds is 10. The van der Waals surface area contributed by atoms with Gasteiger partial charge in [-0.2, -0.15) is 8.42 Å². The molecule has 34 heavy (non-hydrogen) atoms. The van der Waals surface area contributed by atoms with Crippen LogP contribution in [-0.2, 0) is 14.3 Å². The van der Waals surface area contributed by atoms with Crippen LogP contribution in [0.15, 0.2) is 58.0 Å². The lowest BCUT2D eigenvalue weighted by molar-refractivity contribution is -0.0256. The fourth-order valence-corrected chi connectivity index (χ4v) is 4.59. The van der Waals surface area contributed by atoms with Crippen molar-refractivity contribution < 1.29 is 26.9 Å². The Morgan fingerprint density at radius 1 is 1.21 bits per heavy atom. The van der Waals surface area contributed by atoms with E-state index in [1.165, 1.54) is 23.5 Å². The Bertz CT molecular complexity index is 1390. The average molecular weight is 502 g/mol. The zero-order valence-corrected chi connectivity index (χ0v) is 20.1.